The number of sulfone groups is 1. The van der Waals surface area contributed by atoms with Crippen LogP contribution in [0.2, 0.25) is 0 Å². The van der Waals surface area contributed by atoms with Gasteiger partial charge in [0.25, 0.3) is 0 Å². The summed E-state index contributed by atoms with van der Waals surface area (Å²) in [5.74, 6) is 0.0842. The second-order valence-corrected chi connectivity index (χ2v) is 5.96. The van der Waals surface area contributed by atoms with Crippen molar-refractivity contribution >= 4 is 20.9 Å². The van der Waals surface area contributed by atoms with Crippen molar-refractivity contribution < 1.29 is 12.9 Å². The van der Waals surface area contributed by atoms with Crippen LogP contribution in [-0.2, 0) is 15.6 Å². The molecular formula is C11H10N4O3S. The van der Waals surface area contributed by atoms with Crippen LogP contribution < -0.4 is 0 Å². The highest BCUT2D eigenvalue weighted by atomic mass is 32.2. The largest absolute Gasteiger partial charge is 0.338 e. The number of hydrogen-bond donors (Lipinski definition) is 1. The molecule has 0 aliphatic carbocycles. The van der Waals surface area contributed by atoms with Gasteiger partial charge in [0.1, 0.15) is 5.75 Å². The molecule has 7 nitrogen and oxygen atoms in total. The van der Waals surface area contributed by atoms with Crippen molar-refractivity contribution in [2.45, 2.75) is 17.8 Å². The zero-order valence-electron chi connectivity index (χ0n) is 9.99. The Balaban J connectivity index is 1.99. The fourth-order valence-corrected chi connectivity index (χ4v) is 2.79. The number of benzene rings is 1. The number of aromatic amines is 1. The molecule has 0 aliphatic rings. The normalized spacial score (nSPS) is 12.1. The molecule has 3 rings (SSSR count). The van der Waals surface area contributed by atoms with E-state index < -0.39 is 9.84 Å². The van der Waals surface area contributed by atoms with E-state index in [1.807, 2.05) is 0 Å². The summed E-state index contributed by atoms with van der Waals surface area (Å²) in [6.07, 6.45) is 0. The molecule has 3 aromatic rings. The molecule has 8 heteroatoms. The Hall–Kier alpha value is -2.22. The summed E-state index contributed by atoms with van der Waals surface area (Å²) >= 11 is 0. The number of hydrogen-bond acceptors (Lipinski definition) is 6. The molecule has 0 aliphatic heterocycles. The second-order valence-electron chi connectivity index (χ2n) is 4.05. The highest BCUT2D eigenvalue weighted by Crippen LogP contribution is 2.17. The topological polar surface area (TPSA) is 102 Å². The Morgan fingerprint density at radius 2 is 2.05 bits per heavy atom. The van der Waals surface area contributed by atoms with Crippen LogP contribution in [0.15, 0.2) is 33.9 Å². The van der Waals surface area contributed by atoms with Crippen molar-refractivity contribution in [2.75, 3.05) is 0 Å². The lowest BCUT2D eigenvalue weighted by Crippen LogP contribution is -2.07. The standard InChI is InChI=1S/C11H10N4O3S/c1-7-12-10(18-15-7)6-19(16,17)11-13-8-4-2-3-5-9(8)14-11/h2-5H,6H2,1H3,(H,13,14). The maximum atomic E-state index is 12.2. The number of rotatable bonds is 3. The van der Waals surface area contributed by atoms with Crippen LogP contribution in [0.3, 0.4) is 0 Å². The number of imidazole rings is 1. The lowest BCUT2D eigenvalue weighted by molar-refractivity contribution is 0.384. The summed E-state index contributed by atoms with van der Waals surface area (Å²) in [5.41, 5.74) is 1.27. The van der Waals surface area contributed by atoms with Crippen molar-refractivity contribution in [1.29, 1.82) is 0 Å². The molecule has 0 radical (unpaired) electrons. The summed E-state index contributed by atoms with van der Waals surface area (Å²) in [6.45, 7) is 1.63. The lowest BCUT2D eigenvalue weighted by Gasteiger charge is -1.95. The predicted molar refractivity (Wildman–Crippen MR) is 66.0 cm³/mol. The van der Waals surface area contributed by atoms with Crippen molar-refractivity contribution in [3.05, 3.63) is 36.0 Å². The second kappa shape index (κ2) is 4.16. The number of nitrogens with zero attached hydrogens (tertiary/aromatic N) is 3. The molecule has 0 unspecified atom stereocenters. The highest BCUT2D eigenvalue weighted by molar-refractivity contribution is 7.90. The number of aryl methyl sites for hydroxylation is 1. The zero-order valence-corrected chi connectivity index (χ0v) is 10.8. The first-order valence-corrected chi connectivity index (χ1v) is 7.16. The van der Waals surface area contributed by atoms with Gasteiger partial charge >= 0.3 is 0 Å². The van der Waals surface area contributed by atoms with Gasteiger partial charge in [-0.05, 0) is 19.1 Å². The third-order valence-corrected chi connectivity index (χ3v) is 3.95. The molecule has 2 aromatic heterocycles. The summed E-state index contributed by atoms with van der Waals surface area (Å²) in [7, 11) is -3.62. The third kappa shape index (κ3) is 2.22. The van der Waals surface area contributed by atoms with Crippen molar-refractivity contribution in [2.24, 2.45) is 0 Å². The molecule has 1 N–H and O–H groups in total. The fraction of sp³-hybridized carbons (Fsp3) is 0.182. The molecule has 0 saturated carbocycles. The van der Waals surface area contributed by atoms with Crippen LogP contribution in [0, 0.1) is 6.92 Å². The monoisotopic (exact) mass is 278 g/mol. The minimum absolute atomic E-state index is 0.0537. The van der Waals surface area contributed by atoms with Gasteiger partial charge in [0, 0.05) is 0 Å². The molecule has 98 valence electrons. The molecule has 19 heavy (non-hydrogen) atoms. The van der Waals surface area contributed by atoms with E-state index in [9.17, 15) is 8.42 Å². The van der Waals surface area contributed by atoms with Crippen LogP contribution in [0.4, 0.5) is 0 Å². The van der Waals surface area contributed by atoms with Gasteiger partial charge in [-0.1, -0.05) is 17.3 Å². The first-order valence-electron chi connectivity index (χ1n) is 5.51. The maximum Gasteiger partial charge on any atom is 0.242 e. The predicted octanol–water partition coefficient (Wildman–Crippen LogP) is 1.23. The maximum absolute atomic E-state index is 12.2. The number of fused-ring (bicyclic) bond motifs is 1. The minimum Gasteiger partial charge on any atom is -0.338 e. The van der Waals surface area contributed by atoms with E-state index in [4.69, 9.17) is 4.52 Å². The van der Waals surface area contributed by atoms with Crippen LogP contribution in [0.1, 0.15) is 11.7 Å². The summed E-state index contributed by atoms with van der Waals surface area (Å²) < 4.78 is 29.1. The minimum atomic E-state index is -3.62. The Kier molecular flexibility index (Phi) is 2.59. The molecule has 0 bridgehead atoms. The molecule has 0 saturated heterocycles. The smallest absolute Gasteiger partial charge is 0.242 e. The molecule has 0 atom stereocenters. The number of para-hydroxylation sites is 2. The van der Waals surface area contributed by atoms with E-state index in [1.165, 1.54) is 0 Å². The van der Waals surface area contributed by atoms with E-state index in [-0.39, 0.29) is 16.8 Å². The Morgan fingerprint density at radius 1 is 1.26 bits per heavy atom. The Morgan fingerprint density at radius 3 is 2.74 bits per heavy atom. The summed E-state index contributed by atoms with van der Waals surface area (Å²) in [6, 6.07) is 7.10. The molecule has 0 fully saturated rings. The fourth-order valence-electron chi connectivity index (χ4n) is 1.71. The molecule has 1 aromatic carbocycles. The van der Waals surface area contributed by atoms with Crippen LogP contribution in [-0.4, -0.2) is 28.5 Å². The van der Waals surface area contributed by atoms with E-state index >= 15 is 0 Å². The molecular weight excluding hydrogens is 268 g/mol. The molecule has 0 spiro atoms. The van der Waals surface area contributed by atoms with Gasteiger partial charge in [-0.25, -0.2) is 13.4 Å². The summed E-state index contributed by atoms with van der Waals surface area (Å²) in [4.78, 5) is 10.7. The van der Waals surface area contributed by atoms with Gasteiger partial charge in [0.05, 0.1) is 11.0 Å². The van der Waals surface area contributed by atoms with E-state index in [0.29, 0.717) is 16.9 Å². The Labute approximate surface area is 108 Å². The van der Waals surface area contributed by atoms with Gasteiger partial charge in [-0.2, -0.15) is 4.98 Å². The zero-order chi connectivity index (χ0) is 13.5. The van der Waals surface area contributed by atoms with E-state index in [2.05, 4.69) is 20.1 Å². The van der Waals surface area contributed by atoms with Crippen LogP contribution >= 0.6 is 0 Å². The number of H-pyrrole nitrogens is 1. The van der Waals surface area contributed by atoms with E-state index in [1.54, 1.807) is 31.2 Å². The first-order chi connectivity index (χ1) is 9.04. The van der Waals surface area contributed by atoms with Gasteiger partial charge in [-0.15, -0.1) is 0 Å². The average molecular weight is 278 g/mol. The van der Waals surface area contributed by atoms with Crippen molar-refractivity contribution in [3.8, 4) is 0 Å². The first kappa shape index (κ1) is 11.8. The van der Waals surface area contributed by atoms with Gasteiger partial charge in [-0.3, -0.25) is 0 Å². The number of aromatic nitrogens is 4. The number of nitrogens with one attached hydrogen (secondary N) is 1. The third-order valence-electron chi connectivity index (χ3n) is 2.55. The SMILES string of the molecule is Cc1noc(CS(=O)(=O)c2nc3ccccc3[nH]2)n1. The van der Waals surface area contributed by atoms with Crippen LogP contribution in [0.5, 0.6) is 0 Å². The van der Waals surface area contributed by atoms with Crippen LogP contribution in [0.25, 0.3) is 11.0 Å². The van der Waals surface area contributed by atoms with Crippen molar-refractivity contribution in [3.63, 3.8) is 0 Å². The quantitative estimate of drug-likeness (QED) is 0.773. The summed E-state index contributed by atoms with van der Waals surface area (Å²) in [5, 5.41) is 3.46. The van der Waals surface area contributed by atoms with Crippen molar-refractivity contribution in [1.82, 2.24) is 20.1 Å². The lowest BCUT2D eigenvalue weighted by atomic mass is 10.3. The Bertz CT molecular complexity index is 801. The molecule has 2 heterocycles. The van der Waals surface area contributed by atoms with Gasteiger partial charge < -0.3 is 9.51 Å². The van der Waals surface area contributed by atoms with E-state index in [0.717, 1.165) is 0 Å². The highest BCUT2D eigenvalue weighted by Gasteiger charge is 2.22. The average Bonchev–Trinajstić information content (AvgIpc) is 2.95. The van der Waals surface area contributed by atoms with Gasteiger partial charge in [0.15, 0.2) is 5.82 Å². The van der Waals surface area contributed by atoms with Gasteiger partial charge in [0.2, 0.25) is 20.9 Å². The molecule has 0 amide bonds.